The van der Waals surface area contributed by atoms with Crippen molar-refractivity contribution in [3.63, 3.8) is 0 Å². The van der Waals surface area contributed by atoms with Crippen LogP contribution in [0.4, 0.5) is 10.8 Å². The van der Waals surface area contributed by atoms with E-state index in [1.807, 2.05) is 0 Å². The number of nitrogens with two attached hydrogens (primary N) is 1. The summed E-state index contributed by atoms with van der Waals surface area (Å²) < 4.78 is 29.4. The molecule has 0 radical (unpaired) electrons. The second-order valence-electron chi connectivity index (χ2n) is 4.08. The largest absolute Gasteiger partial charge is 0.382 e. The summed E-state index contributed by atoms with van der Waals surface area (Å²) in [7, 11) is -0.755. The molecule has 2 heterocycles. The Morgan fingerprint density at radius 3 is 2.80 bits per heavy atom. The summed E-state index contributed by atoms with van der Waals surface area (Å²) >= 11 is 1.000. The van der Waals surface area contributed by atoms with Crippen LogP contribution in [0.3, 0.4) is 0 Å². The van der Waals surface area contributed by atoms with Gasteiger partial charge in [0.25, 0.3) is 0 Å². The summed E-state index contributed by atoms with van der Waals surface area (Å²) in [5.41, 5.74) is 6.35. The summed E-state index contributed by atoms with van der Waals surface area (Å²) in [4.78, 5) is -0.00334. The molecule has 0 atom stereocenters. The molecule has 0 unspecified atom stereocenters. The third-order valence-electron chi connectivity index (χ3n) is 2.47. The van der Waals surface area contributed by atoms with Gasteiger partial charge in [-0.1, -0.05) is 0 Å². The molecule has 10 heteroatoms. The van der Waals surface area contributed by atoms with Crippen molar-refractivity contribution in [2.45, 2.75) is 11.4 Å². The molecule has 0 bridgehead atoms. The fraction of sp³-hybridized carbons (Fsp3) is 0.300. The molecule has 20 heavy (non-hydrogen) atoms. The first-order valence-electron chi connectivity index (χ1n) is 5.61. The maximum absolute atomic E-state index is 12.2. The Hall–Kier alpha value is -1.78. The smallest absolute Gasteiger partial charge is 0.249 e. The number of anilines is 2. The number of hydrogen-bond acceptors (Lipinski definition) is 8. The van der Waals surface area contributed by atoms with E-state index < -0.39 is 10.0 Å². The first kappa shape index (κ1) is 14.6. The molecule has 0 aliphatic rings. The summed E-state index contributed by atoms with van der Waals surface area (Å²) in [6.45, 7) is 0.339. The molecule has 2 aromatic rings. The number of sulfonamides is 1. The fourth-order valence-corrected chi connectivity index (χ4v) is 3.51. The van der Waals surface area contributed by atoms with Crippen LogP contribution in [0, 0.1) is 0 Å². The highest BCUT2D eigenvalue weighted by Crippen LogP contribution is 2.33. The number of nitrogens with zero attached hydrogens (tertiary/aromatic N) is 4. The highest BCUT2D eigenvalue weighted by Gasteiger charge is 2.27. The summed E-state index contributed by atoms with van der Waals surface area (Å²) in [6.07, 6.45) is 1.57. The SMILES string of the molecule is CN(C)S(=O)(=O)c1c(N)nsc1NCc1cccnn1. The molecule has 8 nitrogen and oxygen atoms in total. The lowest BCUT2D eigenvalue weighted by Crippen LogP contribution is -2.23. The predicted octanol–water partition coefficient (Wildman–Crippen LogP) is 0.378. The molecule has 0 aliphatic carbocycles. The second kappa shape index (κ2) is 5.69. The predicted molar refractivity (Wildman–Crippen MR) is 76.8 cm³/mol. The Balaban J connectivity index is 2.26. The van der Waals surface area contributed by atoms with Gasteiger partial charge in [-0.2, -0.15) is 14.6 Å². The van der Waals surface area contributed by atoms with Gasteiger partial charge < -0.3 is 11.1 Å². The number of nitrogens with one attached hydrogen (secondary N) is 1. The lowest BCUT2D eigenvalue weighted by atomic mass is 10.4. The van der Waals surface area contributed by atoms with Crippen LogP contribution in [0.25, 0.3) is 0 Å². The van der Waals surface area contributed by atoms with E-state index in [0.717, 1.165) is 15.8 Å². The van der Waals surface area contributed by atoms with Crippen LogP contribution in [0.15, 0.2) is 23.2 Å². The van der Waals surface area contributed by atoms with Crippen molar-refractivity contribution < 1.29 is 8.42 Å². The lowest BCUT2D eigenvalue weighted by Gasteiger charge is -2.12. The molecule has 0 aliphatic heterocycles. The number of aromatic nitrogens is 3. The molecular weight excluding hydrogens is 300 g/mol. The number of rotatable bonds is 5. The van der Waals surface area contributed by atoms with Crippen molar-refractivity contribution in [3.8, 4) is 0 Å². The summed E-state index contributed by atoms with van der Waals surface area (Å²) in [5.74, 6) is -0.00894. The van der Waals surface area contributed by atoms with Crippen LogP contribution in [0.5, 0.6) is 0 Å². The van der Waals surface area contributed by atoms with Crippen LogP contribution < -0.4 is 11.1 Å². The van der Waals surface area contributed by atoms with Gasteiger partial charge in [0, 0.05) is 20.3 Å². The molecule has 0 amide bonds. The molecule has 0 spiro atoms. The van der Waals surface area contributed by atoms with Crippen LogP contribution >= 0.6 is 11.5 Å². The normalized spacial score (nSPS) is 11.8. The quantitative estimate of drug-likeness (QED) is 0.819. The highest BCUT2D eigenvalue weighted by molar-refractivity contribution is 7.89. The number of nitrogen functional groups attached to an aromatic ring is 1. The van der Waals surface area contributed by atoms with E-state index in [1.165, 1.54) is 14.1 Å². The zero-order chi connectivity index (χ0) is 14.8. The minimum absolute atomic E-state index is 0.00334. The van der Waals surface area contributed by atoms with Crippen molar-refractivity contribution in [3.05, 3.63) is 24.0 Å². The Kier molecular flexibility index (Phi) is 4.16. The molecule has 2 aromatic heterocycles. The maximum atomic E-state index is 12.2. The molecular formula is C10H14N6O2S2. The first-order chi connectivity index (χ1) is 9.43. The minimum atomic E-state index is -3.64. The molecule has 0 fully saturated rings. The van der Waals surface area contributed by atoms with E-state index in [9.17, 15) is 8.42 Å². The third kappa shape index (κ3) is 2.86. The molecule has 3 N–H and O–H groups in total. The minimum Gasteiger partial charge on any atom is -0.382 e. The van der Waals surface area contributed by atoms with E-state index in [2.05, 4.69) is 19.9 Å². The van der Waals surface area contributed by atoms with Crippen molar-refractivity contribution >= 4 is 32.4 Å². The Bertz CT molecular complexity index is 683. The summed E-state index contributed by atoms with van der Waals surface area (Å²) in [6, 6.07) is 3.53. The van der Waals surface area contributed by atoms with Crippen LogP contribution in [0.2, 0.25) is 0 Å². The van der Waals surface area contributed by atoms with Crippen molar-refractivity contribution in [1.82, 2.24) is 18.9 Å². The van der Waals surface area contributed by atoms with E-state index in [-0.39, 0.29) is 10.7 Å². The summed E-state index contributed by atoms with van der Waals surface area (Å²) in [5, 5.41) is 11.0. The second-order valence-corrected chi connectivity index (χ2v) is 6.94. The number of hydrogen-bond donors (Lipinski definition) is 2. The van der Waals surface area contributed by atoms with Crippen molar-refractivity contribution in [2.75, 3.05) is 25.1 Å². The van der Waals surface area contributed by atoms with Gasteiger partial charge >= 0.3 is 0 Å². The Morgan fingerprint density at radius 2 is 2.20 bits per heavy atom. The maximum Gasteiger partial charge on any atom is 0.249 e. The average molecular weight is 314 g/mol. The topological polar surface area (TPSA) is 114 Å². The van der Waals surface area contributed by atoms with Gasteiger partial charge in [0.1, 0.15) is 5.00 Å². The molecule has 2 rings (SSSR count). The zero-order valence-electron chi connectivity index (χ0n) is 10.9. The van der Waals surface area contributed by atoms with Crippen molar-refractivity contribution in [2.24, 2.45) is 0 Å². The molecule has 0 saturated carbocycles. The Morgan fingerprint density at radius 1 is 1.45 bits per heavy atom. The Labute approximate surface area is 120 Å². The van der Waals surface area contributed by atoms with Crippen LogP contribution in [-0.2, 0) is 16.6 Å². The van der Waals surface area contributed by atoms with Crippen molar-refractivity contribution in [1.29, 1.82) is 0 Å². The highest BCUT2D eigenvalue weighted by atomic mass is 32.2. The van der Waals surface area contributed by atoms with Gasteiger partial charge in [0.2, 0.25) is 10.0 Å². The lowest BCUT2D eigenvalue weighted by molar-refractivity contribution is 0.521. The van der Waals surface area contributed by atoms with Gasteiger partial charge in [0.15, 0.2) is 10.7 Å². The molecule has 108 valence electrons. The fourth-order valence-electron chi connectivity index (χ4n) is 1.44. The van der Waals surface area contributed by atoms with E-state index in [0.29, 0.717) is 17.2 Å². The van der Waals surface area contributed by atoms with Gasteiger partial charge in [0.05, 0.1) is 12.2 Å². The van der Waals surface area contributed by atoms with E-state index in [1.54, 1.807) is 18.3 Å². The first-order valence-corrected chi connectivity index (χ1v) is 7.82. The van der Waals surface area contributed by atoms with Gasteiger partial charge in [-0.3, -0.25) is 0 Å². The van der Waals surface area contributed by atoms with E-state index >= 15 is 0 Å². The van der Waals surface area contributed by atoms with Gasteiger partial charge in [-0.15, -0.1) is 0 Å². The van der Waals surface area contributed by atoms with Crippen LogP contribution in [-0.4, -0.2) is 41.4 Å². The van der Waals surface area contributed by atoms with Gasteiger partial charge in [-0.25, -0.2) is 12.7 Å². The molecule has 0 aromatic carbocycles. The monoisotopic (exact) mass is 314 g/mol. The van der Waals surface area contributed by atoms with Gasteiger partial charge in [-0.05, 0) is 23.7 Å². The standard InChI is InChI=1S/C10H14N6O2S2/c1-16(2)20(17,18)8-9(11)15-19-10(8)12-6-7-4-3-5-13-14-7/h3-5,12H,6H2,1-2H3,(H2,11,15). The zero-order valence-corrected chi connectivity index (χ0v) is 12.6. The van der Waals surface area contributed by atoms with E-state index in [4.69, 9.17) is 5.73 Å². The third-order valence-corrected chi connectivity index (χ3v) is 5.31. The van der Waals surface area contributed by atoms with Crippen LogP contribution in [0.1, 0.15) is 5.69 Å². The molecule has 0 saturated heterocycles. The average Bonchev–Trinajstić information content (AvgIpc) is 2.79.